The fourth-order valence-corrected chi connectivity index (χ4v) is 5.63. The van der Waals surface area contributed by atoms with Crippen molar-refractivity contribution in [2.24, 2.45) is 11.8 Å². The minimum absolute atomic E-state index is 0.0240. The zero-order chi connectivity index (χ0) is 27.9. The Bertz CT molecular complexity index is 1700. The lowest BCUT2D eigenvalue weighted by molar-refractivity contribution is -0.117. The molecule has 1 N–H and O–H groups in total. The summed E-state index contributed by atoms with van der Waals surface area (Å²) in [6.45, 7) is 3.54. The van der Waals surface area contributed by atoms with Crippen molar-refractivity contribution < 1.29 is 13.6 Å². The van der Waals surface area contributed by atoms with Crippen molar-refractivity contribution in [3.8, 4) is 11.5 Å². The molecule has 0 unspecified atom stereocenters. The number of nitrogens with one attached hydrogen (secondary N) is 1. The van der Waals surface area contributed by atoms with Crippen LogP contribution in [0.25, 0.3) is 22.6 Å². The van der Waals surface area contributed by atoms with Gasteiger partial charge in [0.25, 0.3) is 0 Å². The lowest BCUT2D eigenvalue weighted by atomic mass is 9.85. The number of nitrogens with zero attached hydrogens (tertiary/aromatic N) is 7. The zero-order valence-electron chi connectivity index (χ0n) is 22.5. The average Bonchev–Trinajstić information content (AvgIpc) is 3.36. The van der Waals surface area contributed by atoms with Crippen molar-refractivity contribution in [3.63, 3.8) is 0 Å². The normalized spacial score (nSPS) is 19.8. The van der Waals surface area contributed by atoms with Gasteiger partial charge in [-0.2, -0.15) is 4.80 Å². The van der Waals surface area contributed by atoms with Gasteiger partial charge in [0.2, 0.25) is 11.8 Å². The SMILES string of the molecule is Cc1nnn([C@H](c2ccccc2)C2CCN(c3cc(-c4nc5cc(NC(=O)[C@@H]6C[C@@H]6F)ccc5o4)ccn3)CC2)n1. The Balaban J connectivity index is 1.06. The summed E-state index contributed by atoms with van der Waals surface area (Å²) in [6.07, 6.45) is 2.93. The minimum atomic E-state index is -1.04. The third-order valence-electron chi connectivity index (χ3n) is 7.93. The number of hydrogen-bond acceptors (Lipinski definition) is 8. The lowest BCUT2D eigenvalue weighted by Crippen LogP contribution is -2.38. The number of aryl methyl sites for hydroxylation is 1. The number of hydrogen-bond donors (Lipinski definition) is 1. The third kappa shape index (κ3) is 5.15. The number of fused-ring (bicyclic) bond motifs is 1. The number of aromatic nitrogens is 6. The molecule has 0 bridgehead atoms. The second-order valence-electron chi connectivity index (χ2n) is 10.8. The van der Waals surface area contributed by atoms with Crippen LogP contribution in [0.5, 0.6) is 0 Å². The Hall–Kier alpha value is -4.67. The molecular weight excluding hydrogens is 523 g/mol. The Morgan fingerprint density at radius 2 is 1.90 bits per heavy atom. The van der Waals surface area contributed by atoms with Crippen molar-refractivity contribution >= 4 is 28.5 Å². The van der Waals surface area contributed by atoms with Gasteiger partial charge in [0.1, 0.15) is 23.5 Å². The number of carbonyl (C=O) groups is 1. The van der Waals surface area contributed by atoms with Gasteiger partial charge in [-0.1, -0.05) is 30.3 Å². The first kappa shape index (κ1) is 25.3. The summed E-state index contributed by atoms with van der Waals surface area (Å²) in [5.41, 5.74) is 3.80. The molecular formula is C30H29FN8O2. The fourth-order valence-electron chi connectivity index (χ4n) is 5.63. The van der Waals surface area contributed by atoms with E-state index in [0.29, 0.717) is 34.4 Å². The molecule has 1 aliphatic heterocycles. The second-order valence-corrected chi connectivity index (χ2v) is 10.8. The summed E-state index contributed by atoms with van der Waals surface area (Å²) in [4.78, 5) is 25.5. The maximum absolute atomic E-state index is 13.2. The summed E-state index contributed by atoms with van der Waals surface area (Å²) < 4.78 is 19.3. The van der Waals surface area contributed by atoms with E-state index >= 15 is 0 Å². The number of amides is 1. The zero-order valence-corrected chi connectivity index (χ0v) is 22.5. The van der Waals surface area contributed by atoms with Gasteiger partial charge in [0.05, 0.1) is 5.92 Å². The second kappa shape index (κ2) is 10.4. The summed E-state index contributed by atoms with van der Waals surface area (Å²) in [5.74, 6) is 1.51. The molecule has 3 aromatic heterocycles. The van der Waals surface area contributed by atoms with Crippen LogP contribution in [0, 0.1) is 18.8 Å². The van der Waals surface area contributed by atoms with Gasteiger partial charge < -0.3 is 14.6 Å². The monoisotopic (exact) mass is 552 g/mol. The standard InChI is InChI=1S/C30H29FN8O2/c1-18-35-37-39(36-18)28(19-5-3-2-4-6-19)20-10-13-38(14-11-20)27-15-21(9-12-32-27)30-34-25-16-22(7-8-26(25)41-30)33-29(40)23-17-24(23)31/h2-9,12,15-16,20,23-24,28H,10-11,13-14,17H2,1H3,(H,33,40)/t23-,24+,28-/m1/s1. The van der Waals surface area contributed by atoms with Crippen molar-refractivity contribution in [1.29, 1.82) is 0 Å². The number of alkyl halides is 1. The molecule has 4 heterocycles. The molecule has 7 rings (SSSR count). The number of carbonyl (C=O) groups excluding carboxylic acids is 1. The van der Waals surface area contributed by atoms with Crippen LogP contribution in [-0.2, 0) is 4.79 Å². The van der Waals surface area contributed by atoms with Gasteiger partial charge in [-0.05, 0) is 73.2 Å². The molecule has 5 aromatic rings. The van der Waals surface area contributed by atoms with E-state index in [2.05, 4.69) is 59.9 Å². The molecule has 10 nitrogen and oxygen atoms in total. The average molecular weight is 553 g/mol. The third-order valence-corrected chi connectivity index (χ3v) is 7.93. The van der Waals surface area contributed by atoms with E-state index < -0.39 is 12.1 Å². The molecule has 208 valence electrons. The van der Waals surface area contributed by atoms with E-state index in [4.69, 9.17) is 4.42 Å². The molecule has 3 atom stereocenters. The molecule has 2 fully saturated rings. The Labute approximate surface area is 235 Å². The first-order valence-electron chi connectivity index (χ1n) is 13.9. The molecule has 0 spiro atoms. The van der Waals surface area contributed by atoms with Gasteiger partial charge >= 0.3 is 0 Å². The van der Waals surface area contributed by atoms with Crippen molar-refractivity contribution in [2.45, 2.75) is 38.4 Å². The quantitative estimate of drug-likeness (QED) is 0.300. The first-order valence-corrected chi connectivity index (χ1v) is 13.9. The van der Waals surface area contributed by atoms with Gasteiger partial charge in [-0.3, -0.25) is 4.79 Å². The molecule has 41 heavy (non-hydrogen) atoms. The highest BCUT2D eigenvalue weighted by molar-refractivity contribution is 5.96. The molecule has 2 aliphatic rings. The maximum atomic E-state index is 13.2. The lowest BCUT2D eigenvalue weighted by Gasteiger charge is -2.36. The Morgan fingerprint density at radius 3 is 2.63 bits per heavy atom. The highest BCUT2D eigenvalue weighted by atomic mass is 19.1. The highest BCUT2D eigenvalue weighted by Crippen LogP contribution is 2.36. The van der Waals surface area contributed by atoms with E-state index in [1.807, 2.05) is 25.1 Å². The summed E-state index contributed by atoms with van der Waals surface area (Å²) in [7, 11) is 0. The maximum Gasteiger partial charge on any atom is 0.230 e. The molecule has 1 aliphatic carbocycles. The number of oxazole rings is 1. The number of pyridine rings is 1. The van der Waals surface area contributed by atoms with Crippen molar-refractivity contribution in [2.75, 3.05) is 23.3 Å². The Morgan fingerprint density at radius 1 is 1.10 bits per heavy atom. The predicted octanol–water partition coefficient (Wildman–Crippen LogP) is 4.99. The topological polar surface area (TPSA) is 115 Å². The number of halogens is 1. The number of rotatable bonds is 7. The van der Waals surface area contributed by atoms with E-state index in [1.54, 1.807) is 29.2 Å². The van der Waals surface area contributed by atoms with Crippen LogP contribution in [0.2, 0.25) is 0 Å². The molecule has 11 heteroatoms. The first-order chi connectivity index (χ1) is 20.0. The van der Waals surface area contributed by atoms with Gasteiger partial charge in [0, 0.05) is 30.5 Å². The fraction of sp³-hybridized carbons (Fsp3) is 0.333. The molecule has 1 saturated carbocycles. The van der Waals surface area contributed by atoms with E-state index in [-0.39, 0.29) is 18.4 Å². The van der Waals surface area contributed by atoms with Crippen molar-refractivity contribution in [3.05, 3.63) is 78.2 Å². The molecule has 1 amide bonds. The number of anilines is 2. The highest BCUT2D eigenvalue weighted by Gasteiger charge is 2.43. The van der Waals surface area contributed by atoms with Crippen molar-refractivity contribution in [1.82, 2.24) is 30.2 Å². The van der Waals surface area contributed by atoms with Crippen LogP contribution < -0.4 is 10.2 Å². The summed E-state index contributed by atoms with van der Waals surface area (Å²) in [5, 5.41) is 15.8. The van der Waals surface area contributed by atoms with Crippen LogP contribution in [0.15, 0.2) is 71.3 Å². The van der Waals surface area contributed by atoms with Crippen LogP contribution in [0.1, 0.15) is 36.7 Å². The number of benzene rings is 2. The van der Waals surface area contributed by atoms with Crippen LogP contribution in [-0.4, -0.2) is 55.3 Å². The van der Waals surface area contributed by atoms with Gasteiger partial charge in [-0.25, -0.2) is 14.4 Å². The molecule has 1 saturated heterocycles. The van der Waals surface area contributed by atoms with Gasteiger partial charge in [0.15, 0.2) is 11.4 Å². The van der Waals surface area contributed by atoms with Gasteiger partial charge in [-0.15, -0.1) is 10.2 Å². The van der Waals surface area contributed by atoms with Crippen LogP contribution in [0.4, 0.5) is 15.9 Å². The largest absolute Gasteiger partial charge is 0.436 e. The summed E-state index contributed by atoms with van der Waals surface area (Å²) >= 11 is 0. The molecule has 0 radical (unpaired) electrons. The predicted molar refractivity (Wildman–Crippen MR) is 151 cm³/mol. The van der Waals surface area contributed by atoms with Crippen LogP contribution in [0.3, 0.4) is 0 Å². The smallest absolute Gasteiger partial charge is 0.230 e. The Kier molecular flexibility index (Phi) is 6.41. The van der Waals surface area contributed by atoms with E-state index in [0.717, 1.165) is 37.3 Å². The molecule has 2 aromatic carbocycles. The van der Waals surface area contributed by atoms with Crippen LogP contribution >= 0.6 is 0 Å². The van der Waals surface area contributed by atoms with E-state index in [9.17, 15) is 9.18 Å². The van der Waals surface area contributed by atoms with E-state index in [1.165, 1.54) is 5.56 Å². The number of tetrazole rings is 1. The minimum Gasteiger partial charge on any atom is -0.436 e. The number of piperidine rings is 1. The summed E-state index contributed by atoms with van der Waals surface area (Å²) in [6, 6.07) is 19.5.